The van der Waals surface area contributed by atoms with Gasteiger partial charge in [0.05, 0.1) is 11.6 Å². The first-order valence-corrected chi connectivity index (χ1v) is 13.8. The van der Waals surface area contributed by atoms with Crippen molar-refractivity contribution in [2.45, 2.75) is 56.7 Å². The number of alkyl halides is 3. The Morgan fingerprint density at radius 1 is 1.05 bits per heavy atom. The third-order valence-corrected chi connectivity index (χ3v) is 7.99. The number of ether oxygens (including phenoxy) is 2. The molecule has 43 heavy (non-hydrogen) atoms. The molecule has 0 bridgehead atoms. The summed E-state index contributed by atoms with van der Waals surface area (Å²) < 4.78 is 75.4. The van der Waals surface area contributed by atoms with Gasteiger partial charge in [-0.3, -0.25) is 10.1 Å². The first-order chi connectivity index (χ1) is 20.4. The molecule has 2 N–H and O–H groups in total. The standard InChI is InChI=1S/C31H30F5N3O4/c1-19(39-13-11-30(12-14-39)26-17-23(33)9-10-27(26)38-29(41)43-30)15-25(21-5-7-22(32)8-6-21)28(40)37-18-20-3-2-4-24(16-20)42-31(34,35)36/h2-10,16-17,19,25H,11-15,18H2,1H3,(H,37,40)(H,38,41). The fraction of sp³-hybridized carbons (Fsp3) is 0.355. The van der Waals surface area contributed by atoms with Crippen LogP contribution in [0.4, 0.5) is 32.4 Å². The van der Waals surface area contributed by atoms with E-state index in [1.165, 1.54) is 60.7 Å². The zero-order valence-corrected chi connectivity index (χ0v) is 23.2. The molecule has 228 valence electrons. The SMILES string of the molecule is CC(CC(C(=O)NCc1cccc(OC(F)(F)F)c1)c1ccc(F)cc1)N1CCC2(CC1)OC(=O)Nc1ccc(F)cc12. The van der Waals surface area contributed by atoms with E-state index in [2.05, 4.69) is 20.3 Å². The quantitative estimate of drug-likeness (QED) is 0.284. The third kappa shape index (κ3) is 7.24. The largest absolute Gasteiger partial charge is 0.573 e. The van der Waals surface area contributed by atoms with Gasteiger partial charge in [-0.2, -0.15) is 0 Å². The number of likely N-dealkylation sites (tertiary alicyclic amines) is 1. The summed E-state index contributed by atoms with van der Waals surface area (Å²) in [7, 11) is 0. The molecule has 0 saturated carbocycles. The van der Waals surface area contributed by atoms with E-state index < -0.39 is 41.4 Å². The van der Waals surface area contributed by atoms with Gasteiger partial charge in [-0.15, -0.1) is 13.2 Å². The minimum absolute atomic E-state index is 0.0401. The van der Waals surface area contributed by atoms with Gasteiger partial charge in [0.2, 0.25) is 5.91 Å². The van der Waals surface area contributed by atoms with Crippen molar-refractivity contribution in [2.75, 3.05) is 18.4 Å². The number of hydrogen-bond donors (Lipinski definition) is 2. The van der Waals surface area contributed by atoms with Gasteiger partial charge in [0, 0.05) is 44.1 Å². The molecule has 2 aliphatic heterocycles. The van der Waals surface area contributed by atoms with Gasteiger partial charge in [0.15, 0.2) is 0 Å². The molecule has 2 atom stereocenters. The van der Waals surface area contributed by atoms with E-state index in [1.807, 2.05) is 6.92 Å². The van der Waals surface area contributed by atoms with Crippen LogP contribution in [0.5, 0.6) is 5.75 Å². The number of hydrogen-bond acceptors (Lipinski definition) is 5. The Kier molecular flexibility index (Phi) is 8.59. The Bertz CT molecular complexity index is 1470. The predicted octanol–water partition coefficient (Wildman–Crippen LogP) is 6.60. The summed E-state index contributed by atoms with van der Waals surface area (Å²) in [5.41, 5.74) is 1.14. The molecule has 7 nitrogen and oxygen atoms in total. The predicted molar refractivity (Wildman–Crippen MR) is 147 cm³/mol. The maximum Gasteiger partial charge on any atom is 0.573 e. The normalized spacial score (nSPS) is 17.8. The number of nitrogens with zero attached hydrogens (tertiary/aromatic N) is 1. The number of rotatable bonds is 8. The zero-order chi connectivity index (χ0) is 30.8. The summed E-state index contributed by atoms with van der Waals surface area (Å²) in [5, 5.41) is 5.41. The highest BCUT2D eigenvalue weighted by atomic mass is 19.4. The summed E-state index contributed by atoms with van der Waals surface area (Å²) in [6.45, 7) is 2.94. The number of amides is 2. The molecule has 2 aliphatic rings. The summed E-state index contributed by atoms with van der Waals surface area (Å²) in [4.78, 5) is 27.9. The van der Waals surface area contributed by atoms with E-state index in [9.17, 15) is 31.5 Å². The van der Waals surface area contributed by atoms with Crippen LogP contribution in [-0.4, -0.2) is 42.4 Å². The highest BCUT2D eigenvalue weighted by Crippen LogP contribution is 2.44. The van der Waals surface area contributed by atoms with Crippen LogP contribution in [0.25, 0.3) is 0 Å². The molecule has 5 rings (SSSR count). The Hall–Kier alpha value is -4.19. The first kappa shape index (κ1) is 30.3. The lowest BCUT2D eigenvalue weighted by molar-refractivity contribution is -0.274. The molecule has 1 fully saturated rings. The second-order valence-electron chi connectivity index (χ2n) is 10.8. The number of anilines is 1. The Morgan fingerprint density at radius 3 is 2.44 bits per heavy atom. The van der Waals surface area contributed by atoms with Crippen molar-refractivity contribution >= 4 is 17.7 Å². The summed E-state index contributed by atoms with van der Waals surface area (Å²) >= 11 is 0. The number of nitrogens with one attached hydrogen (secondary N) is 2. The van der Waals surface area contributed by atoms with Gasteiger partial charge in [-0.25, -0.2) is 13.6 Å². The topological polar surface area (TPSA) is 79.9 Å². The van der Waals surface area contributed by atoms with E-state index in [0.29, 0.717) is 54.7 Å². The Morgan fingerprint density at radius 2 is 1.74 bits per heavy atom. The highest BCUT2D eigenvalue weighted by molar-refractivity contribution is 5.89. The van der Waals surface area contributed by atoms with E-state index >= 15 is 0 Å². The van der Waals surface area contributed by atoms with Crippen LogP contribution in [0.2, 0.25) is 0 Å². The first-order valence-electron chi connectivity index (χ1n) is 13.8. The highest BCUT2D eigenvalue weighted by Gasteiger charge is 2.45. The lowest BCUT2D eigenvalue weighted by Gasteiger charge is -2.46. The molecule has 2 heterocycles. The lowest BCUT2D eigenvalue weighted by atomic mass is 9.81. The number of benzene rings is 3. The van der Waals surface area contributed by atoms with Crippen molar-refractivity contribution in [3.63, 3.8) is 0 Å². The van der Waals surface area contributed by atoms with Crippen molar-refractivity contribution in [1.29, 1.82) is 0 Å². The van der Waals surface area contributed by atoms with Gasteiger partial charge in [0.25, 0.3) is 0 Å². The van der Waals surface area contributed by atoms with E-state index in [-0.39, 0.29) is 18.5 Å². The molecular formula is C31H30F5N3O4. The second kappa shape index (κ2) is 12.2. The van der Waals surface area contributed by atoms with Gasteiger partial charge in [0.1, 0.15) is 23.0 Å². The molecule has 1 spiro atoms. The summed E-state index contributed by atoms with van der Waals surface area (Å²) in [5.74, 6) is -2.33. The molecule has 3 aromatic rings. The molecular weight excluding hydrogens is 573 g/mol. The monoisotopic (exact) mass is 603 g/mol. The molecule has 0 radical (unpaired) electrons. The van der Waals surface area contributed by atoms with Crippen LogP contribution < -0.4 is 15.4 Å². The summed E-state index contributed by atoms with van der Waals surface area (Å²) in [6, 6.07) is 15.0. The lowest BCUT2D eigenvalue weighted by Crippen LogP contribution is -2.50. The molecule has 0 aliphatic carbocycles. The Labute approximate surface area is 245 Å². The maximum atomic E-state index is 14.1. The number of carbonyl (C=O) groups excluding carboxylic acids is 2. The van der Waals surface area contributed by atoms with Gasteiger partial charge >= 0.3 is 12.5 Å². The van der Waals surface area contributed by atoms with Gasteiger partial charge in [-0.1, -0.05) is 24.3 Å². The molecule has 0 aromatic heterocycles. The molecule has 1 saturated heterocycles. The van der Waals surface area contributed by atoms with Crippen molar-refractivity contribution in [1.82, 2.24) is 10.2 Å². The number of halogens is 5. The number of fused-ring (bicyclic) bond motifs is 2. The van der Waals surface area contributed by atoms with Gasteiger partial charge in [-0.05, 0) is 66.9 Å². The van der Waals surface area contributed by atoms with E-state index in [4.69, 9.17) is 4.74 Å². The minimum atomic E-state index is -4.84. The third-order valence-electron chi connectivity index (χ3n) is 7.99. The van der Waals surface area contributed by atoms with Crippen LogP contribution in [0.3, 0.4) is 0 Å². The van der Waals surface area contributed by atoms with E-state index in [0.717, 1.165) is 0 Å². The second-order valence-corrected chi connectivity index (χ2v) is 10.8. The van der Waals surface area contributed by atoms with Crippen LogP contribution in [-0.2, 0) is 21.7 Å². The fourth-order valence-corrected chi connectivity index (χ4v) is 5.81. The van der Waals surface area contributed by atoms with Crippen molar-refractivity contribution in [3.05, 3.63) is 95.1 Å². The maximum absolute atomic E-state index is 14.1. The average molecular weight is 604 g/mol. The van der Waals surface area contributed by atoms with Crippen molar-refractivity contribution in [3.8, 4) is 5.75 Å². The minimum Gasteiger partial charge on any atom is -0.438 e. The average Bonchev–Trinajstić information content (AvgIpc) is 2.95. The molecule has 2 amide bonds. The summed E-state index contributed by atoms with van der Waals surface area (Å²) in [6.07, 6.45) is -4.23. The van der Waals surface area contributed by atoms with Crippen molar-refractivity contribution < 1.29 is 41.0 Å². The molecule has 2 unspecified atom stereocenters. The van der Waals surface area contributed by atoms with Crippen LogP contribution in [0.15, 0.2) is 66.7 Å². The number of carbonyl (C=O) groups is 2. The molecule has 3 aromatic carbocycles. The van der Waals surface area contributed by atoms with Crippen LogP contribution >= 0.6 is 0 Å². The zero-order valence-electron chi connectivity index (χ0n) is 23.2. The smallest absolute Gasteiger partial charge is 0.438 e. The fourth-order valence-electron chi connectivity index (χ4n) is 5.81. The number of piperidine rings is 1. The van der Waals surface area contributed by atoms with E-state index in [1.54, 1.807) is 6.07 Å². The van der Waals surface area contributed by atoms with Crippen LogP contribution in [0.1, 0.15) is 48.8 Å². The van der Waals surface area contributed by atoms with Crippen LogP contribution in [0, 0.1) is 11.6 Å². The van der Waals surface area contributed by atoms with Crippen molar-refractivity contribution in [2.24, 2.45) is 0 Å². The Balaban J connectivity index is 1.27. The van der Waals surface area contributed by atoms with Gasteiger partial charge < -0.3 is 19.7 Å². The molecule has 12 heteroatoms.